The van der Waals surface area contributed by atoms with Crippen LogP contribution in [0.5, 0.6) is 5.75 Å². The summed E-state index contributed by atoms with van der Waals surface area (Å²) in [5.41, 5.74) is 3.00. The molecule has 1 aliphatic heterocycles. The fraction of sp³-hybridized carbons (Fsp3) is 0.375. The van der Waals surface area contributed by atoms with E-state index in [2.05, 4.69) is 16.0 Å². The van der Waals surface area contributed by atoms with Crippen LogP contribution in [0, 0.1) is 23.2 Å². The molecule has 1 aliphatic carbocycles. The molecule has 0 unspecified atom stereocenters. The molecule has 6 heteroatoms. The first kappa shape index (κ1) is 13.4. The van der Waals surface area contributed by atoms with Crippen LogP contribution in [0.15, 0.2) is 24.4 Å². The molecular formula is C16H16BN3O2. The van der Waals surface area contributed by atoms with Gasteiger partial charge in [0.2, 0.25) is 0 Å². The first-order chi connectivity index (χ1) is 10.8. The Kier molecular flexibility index (Phi) is 3.16. The lowest BCUT2D eigenvalue weighted by atomic mass is 9.71. The van der Waals surface area contributed by atoms with Gasteiger partial charge < -0.3 is 14.7 Å². The number of hydrogen-bond acceptors (Lipinski definition) is 4. The smallest absolute Gasteiger partial charge is 0.531 e. The molecule has 2 N–H and O–H groups in total. The maximum Gasteiger partial charge on any atom is 0.552 e. The number of H-pyrrole nitrogens is 1. The zero-order valence-corrected chi connectivity index (χ0v) is 12.1. The molecule has 110 valence electrons. The predicted octanol–water partition coefficient (Wildman–Crippen LogP) is 2.69. The molecule has 0 atom stereocenters. The van der Waals surface area contributed by atoms with E-state index >= 15 is 0 Å². The highest BCUT2D eigenvalue weighted by atomic mass is 16.5. The lowest BCUT2D eigenvalue weighted by molar-refractivity contribution is 0.367. The fourth-order valence-electron chi connectivity index (χ4n) is 3.65. The van der Waals surface area contributed by atoms with Gasteiger partial charge in [-0.3, -0.25) is 0 Å². The lowest BCUT2D eigenvalue weighted by Gasteiger charge is -2.31. The summed E-state index contributed by atoms with van der Waals surface area (Å²) in [5.74, 6) is 2.99. The number of fused-ring (bicyclic) bond motifs is 3. The Balaban J connectivity index is 1.77. The summed E-state index contributed by atoms with van der Waals surface area (Å²) < 4.78 is 5.52. The molecule has 0 bridgehead atoms. The van der Waals surface area contributed by atoms with E-state index in [0.29, 0.717) is 11.7 Å². The number of nitrogens with zero attached hydrogens (tertiary/aromatic N) is 2. The maximum atomic E-state index is 9.99. The minimum atomic E-state index is -0.922. The highest BCUT2D eigenvalue weighted by Crippen LogP contribution is 2.44. The van der Waals surface area contributed by atoms with Crippen molar-refractivity contribution in [3.63, 3.8) is 0 Å². The zero-order valence-electron chi connectivity index (χ0n) is 12.1. The van der Waals surface area contributed by atoms with E-state index in [1.807, 2.05) is 18.2 Å². The van der Waals surface area contributed by atoms with Gasteiger partial charge in [-0.2, -0.15) is 5.26 Å². The van der Waals surface area contributed by atoms with Gasteiger partial charge in [0.25, 0.3) is 0 Å². The van der Waals surface area contributed by atoms with Crippen molar-refractivity contribution >= 4 is 23.7 Å². The highest BCUT2D eigenvalue weighted by molar-refractivity contribution is 6.52. The third-order valence-electron chi connectivity index (χ3n) is 4.76. The van der Waals surface area contributed by atoms with Gasteiger partial charge in [-0.1, -0.05) is 0 Å². The van der Waals surface area contributed by atoms with Crippen LogP contribution in [0.3, 0.4) is 0 Å². The summed E-state index contributed by atoms with van der Waals surface area (Å²) >= 11 is 0. The van der Waals surface area contributed by atoms with Crippen LogP contribution in [0.1, 0.15) is 31.2 Å². The second kappa shape index (κ2) is 5.18. The Morgan fingerprint density at radius 1 is 1.36 bits per heavy atom. The first-order valence-electron chi connectivity index (χ1n) is 7.69. The SMILES string of the molecule is N#CC1CCC(C2=CB(O)Oc3cnc4[nH]ccc4c32)CC1. The van der Waals surface area contributed by atoms with Crippen molar-refractivity contribution in [3.8, 4) is 11.8 Å². The van der Waals surface area contributed by atoms with Gasteiger partial charge in [0.1, 0.15) is 11.4 Å². The van der Waals surface area contributed by atoms with E-state index in [4.69, 9.17) is 9.92 Å². The maximum absolute atomic E-state index is 9.99. The Hall–Kier alpha value is -2.26. The van der Waals surface area contributed by atoms with Gasteiger partial charge in [-0.25, -0.2) is 4.98 Å². The molecule has 0 radical (unpaired) electrons. The molecular weight excluding hydrogens is 277 g/mol. The van der Waals surface area contributed by atoms with Gasteiger partial charge in [-0.15, -0.1) is 0 Å². The number of aromatic nitrogens is 2. The van der Waals surface area contributed by atoms with Gasteiger partial charge in [0.15, 0.2) is 0 Å². The molecule has 2 aromatic heterocycles. The van der Waals surface area contributed by atoms with E-state index in [1.54, 1.807) is 6.20 Å². The van der Waals surface area contributed by atoms with E-state index in [-0.39, 0.29) is 5.92 Å². The summed E-state index contributed by atoms with van der Waals surface area (Å²) in [5, 5.41) is 20.1. The van der Waals surface area contributed by atoms with Crippen LogP contribution < -0.4 is 4.65 Å². The van der Waals surface area contributed by atoms with E-state index < -0.39 is 7.12 Å². The molecule has 1 fully saturated rings. The summed E-state index contributed by atoms with van der Waals surface area (Å²) in [6.07, 6.45) is 7.34. The summed E-state index contributed by atoms with van der Waals surface area (Å²) in [6, 6.07) is 4.37. The zero-order chi connectivity index (χ0) is 15.1. The van der Waals surface area contributed by atoms with E-state index in [0.717, 1.165) is 47.9 Å². The second-order valence-electron chi connectivity index (χ2n) is 6.05. The number of nitrogens with one attached hydrogen (secondary N) is 1. The standard InChI is InChI=1S/C16H16BN3O2/c18-8-10-1-3-11(4-2-10)13-7-17(21)22-14-9-20-16-12(15(13)14)5-6-19-16/h5-7,9-11,21H,1-4H2,(H,19,20). The fourth-order valence-corrected chi connectivity index (χ4v) is 3.65. The van der Waals surface area contributed by atoms with Crippen molar-refractivity contribution in [2.75, 3.05) is 0 Å². The van der Waals surface area contributed by atoms with Crippen LogP contribution in [-0.4, -0.2) is 22.1 Å². The average molecular weight is 293 g/mol. The Morgan fingerprint density at radius 3 is 2.95 bits per heavy atom. The molecule has 0 spiro atoms. The largest absolute Gasteiger partial charge is 0.552 e. The van der Waals surface area contributed by atoms with Crippen LogP contribution >= 0.6 is 0 Å². The molecule has 2 aromatic rings. The predicted molar refractivity (Wildman–Crippen MR) is 83.7 cm³/mol. The van der Waals surface area contributed by atoms with Gasteiger partial charge in [0, 0.05) is 23.1 Å². The molecule has 4 rings (SSSR count). The van der Waals surface area contributed by atoms with Gasteiger partial charge in [-0.05, 0) is 49.2 Å². The third kappa shape index (κ3) is 2.09. The van der Waals surface area contributed by atoms with Gasteiger partial charge in [0.05, 0.1) is 12.3 Å². The number of allylic oxidation sites excluding steroid dienone is 1. The van der Waals surface area contributed by atoms with Crippen molar-refractivity contribution in [2.45, 2.75) is 25.7 Å². The number of pyridine rings is 1. The molecule has 5 nitrogen and oxygen atoms in total. The Morgan fingerprint density at radius 2 is 2.18 bits per heavy atom. The molecule has 1 saturated carbocycles. The molecule has 0 aromatic carbocycles. The number of aromatic amines is 1. The van der Waals surface area contributed by atoms with Crippen LogP contribution in [-0.2, 0) is 0 Å². The minimum Gasteiger partial charge on any atom is -0.531 e. The Bertz CT molecular complexity index is 784. The quantitative estimate of drug-likeness (QED) is 0.792. The van der Waals surface area contributed by atoms with Crippen molar-refractivity contribution in [1.82, 2.24) is 9.97 Å². The molecule has 0 saturated heterocycles. The van der Waals surface area contributed by atoms with Gasteiger partial charge >= 0.3 is 7.12 Å². The molecule has 22 heavy (non-hydrogen) atoms. The van der Waals surface area contributed by atoms with Crippen molar-refractivity contribution in [3.05, 3.63) is 30.0 Å². The number of rotatable bonds is 1. The molecule has 2 aliphatic rings. The van der Waals surface area contributed by atoms with Crippen molar-refractivity contribution in [1.29, 1.82) is 5.26 Å². The second-order valence-corrected chi connectivity index (χ2v) is 6.05. The molecule has 0 amide bonds. The topological polar surface area (TPSA) is 81.9 Å². The normalized spacial score (nSPS) is 24.4. The number of hydrogen-bond donors (Lipinski definition) is 2. The van der Waals surface area contributed by atoms with Crippen molar-refractivity contribution in [2.24, 2.45) is 11.8 Å². The summed E-state index contributed by atoms with van der Waals surface area (Å²) in [4.78, 5) is 7.45. The lowest BCUT2D eigenvalue weighted by Crippen LogP contribution is -2.26. The highest BCUT2D eigenvalue weighted by Gasteiger charge is 2.32. The van der Waals surface area contributed by atoms with Crippen LogP contribution in [0.25, 0.3) is 16.6 Å². The van der Waals surface area contributed by atoms with Crippen LogP contribution in [0.2, 0.25) is 0 Å². The summed E-state index contributed by atoms with van der Waals surface area (Å²) in [6.45, 7) is 0. The first-order valence-corrected chi connectivity index (χ1v) is 7.69. The monoisotopic (exact) mass is 293 g/mol. The third-order valence-corrected chi connectivity index (χ3v) is 4.76. The molecule has 3 heterocycles. The minimum absolute atomic E-state index is 0.172. The Labute approximate surface area is 128 Å². The van der Waals surface area contributed by atoms with Crippen molar-refractivity contribution < 1.29 is 9.68 Å². The van der Waals surface area contributed by atoms with E-state index in [1.165, 1.54) is 0 Å². The van der Waals surface area contributed by atoms with Crippen LogP contribution in [0.4, 0.5) is 0 Å². The number of nitriles is 1. The summed E-state index contributed by atoms with van der Waals surface area (Å²) in [7, 11) is -0.922. The average Bonchev–Trinajstić information content (AvgIpc) is 3.02. The van der Waals surface area contributed by atoms with E-state index in [9.17, 15) is 5.02 Å².